The van der Waals surface area contributed by atoms with Crippen LogP contribution in [0.1, 0.15) is 58.8 Å². The normalized spacial score (nSPS) is 31.3. The fourth-order valence-corrected chi connectivity index (χ4v) is 7.21. The molecule has 0 bridgehead atoms. The second kappa shape index (κ2) is 11.9. The maximum Gasteiger partial charge on any atom is 0.249 e. The Balaban J connectivity index is 1.57. The van der Waals surface area contributed by atoms with Gasteiger partial charge in [0.05, 0.1) is 17.4 Å². The van der Waals surface area contributed by atoms with Gasteiger partial charge in [0.2, 0.25) is 17.7 Å². The molecule has 2 saturated heterocycles. The molecule has 4 aliphatic heterocycles. The van der Waals surface area contributed by atoms with E-state index in [-0.39, 0.29) is 24.3 Å². The molecule has 0 radical (unpaired) electrons. The second-order valence-electron chi connectivity index (χ2n) is 11.5. The molecule has 40 heavy (non-hydrogen) atoms. The molecule has 1 unspecified atom stereocenters. The number of anilines is 1. The summed E-state index contributed by atoms with van der Waals surface area (Å²) in [7, 11) is 0. The second-order valence-corrected chi connectivity index (χ2v) is 11.5. The Morgan fingerprint density at radius 3 is 2.33 bits per heavy atom. The van der Waals surface area contributed by atoms with Crippen LogP contribution in [-0.2, 0) is 19.1 Å². The third kappa shape index (κ3) is 4.69. The number of ether oxygens (including phenoxy) is 1. The topological polar surface area (TPSA) is 90.4 Å². The van der Waals surface area contributed by atoms with Crippen molar-refractivity contribution < 1.29 is 24.2 Å². The average Bonchev–Trinajstić information content (AvgIpc) is 3.25. The molecule has 2 fully saturated rings. The first-order valence-electron chi connectivity index (χ1n) is 15.1. The van der Waals surface area contributed by atoms with Crippen molar-refractivity contribution in [1.82, 2.24) is 9.80 Å². The van der Waals surface area contributed by atoms with E-state index in [4.69, 9.17) is 4.74 Å². The van der Waals surface area contributed by atoms with Crippen molar-refractivity contribution in [3.63, 3.8) is 0 Å². The maximum atomic E-state index is 14.5. The van der Waals surface area contributed by atoms with Crippen LogP contribution in [0.3, 0.4) is 0 Å². The van der Waals surface area contributed by atoms with E-state index in [9.17, 15) is 19.5 Å². The largest absolute Gasteiger partial charge is 0.396 e. The first kappa shape index (κ1) is 28.6. The number of carbonyl (C=O) groups is 3. The van der Waals surface area contributed by atoms with Gasteiger partial charge in [0.1, 0.15) is 11.6 Å². The Morgan fingerprint density at radius 1 is 0.850 bits per heavy atom. The number of unbranched alkanes of at least 4 members (excludes halogenated alkanes) is 4. The van der Waals surface area contributed by atoms with Gasteiger partial charge in [-0.15, -0.1) is 0 Å². The quantitative estimate of drug-likeness (QED) is 0.336. The van der Waals surface area contributed by atoms with E-state index >= 15 is 0 Å². The van der Waals surface area contributed by atoms with Gasteiger partial charge in [0, 0.05) is 38.5 Å². The molecule has 0 saturated carbocycles. The highest BCUT2D eigenvalue weighted by atomic mass is 16.5. The number of likely N-dealkylation sites (tertiary alicyclic amines) is 1. The summed E-state index contributed by atoms with van der Waals surface area (Å²) in [4.78, 5) is 48.5. The van der Waals surface area contributed by atoms with Gasteiger partial charge in [-0.3, -0.25) is 14.4 Å². The zero-order chi connectivity index (χ0) is 28.3. The van der Waals surface area contributed by atoms with Crippen molar-refractivity contribution in [2.45, 2.75) is 76.0 Å². The van der Waals surface area contributed by atoms with Crippen molar-refractivity contribution in [2.24, 2.45) is 11.8 Å². The fourth-order valence-electron chi connectivity index (χ4n) is 7.21. The molecular formula is C32H43N3O5. The van der Waals surface area contributed by atoms with Gasteiger partial charge >= 0.3 is 0 Å². The fraction of sp³-hybridized carbons (Fsp3) is 0.594. The Bertz CT molecular complexity index is 1150. The number of fused-ring (bicyclic) bond motifs is 2. The van der Waals surface area contributed by atoms with Crippen molar-refractivity contribution in [1.29, 1.82) is 0 Å². The number of nitrogens with zero attached hydrogens (tertiary/aromatic N) is 3. The van der Waals surface area contributed by atoms with E-state index in [2.05, 4.69) is 6.92 Å². The van der Waals surface area contributed by atoms with Gasteiger partial charge in [-0.05, 0) is 44.2 Å². The standard InChI is InChI=1S/C32H43N3O5/c1-3-5-10-19-33-20-14-18-32-26(29(38)35(27(32)30(33)39)21-11-7-12-23-36)25-28(37)34(24-15-8-6-9-16-24)22-13-17-31(25,4-2)40-32/h6,8-9,13-18,25-27,36H,3-5,7,10-12,19-23H2,1-2H3/t25-,26+,27?,31+,32+/m1/s1. The number of hydrogen-bond acceptors (Lipinski definition) is 5. The highest BCUT2D eigenvalue weighted by Gasteiger charge is 2.75. The summed E-state index contributed by atoms with van der Waals surface area (Å²) in [5.41, 5.74) is -1.42. The lowest BCUT2D eigenvalue weighted by Gasteiger charge is -2.38. The summed E-state index contributed by atoms with van der Waals surface area (Å²) in [5.74, 6) is -1.97. The summed E-state index contributed by atoms with van der Waals surface area (Å²) in [5, 5.41) is 9.29. The summed E-state index contributed by atoms with van der Waals surface area (Å²) < 4.78 is 7.03. The number of aliphatic hydroxyl groups excluding tert-OH is 1. The van der Waals surface area contributed by atoms with Crippen LogP contribution < -0.4 is 4.90 Å². The van der Waals surface area contributed by atoms with Crippen molar-refractivity contribution in [3.8, 4) is 0 Å². The molecule has 3 amide bonds. The number of rotatable bonds is 11. The number of para-hydroxylation sites is 1. The minimum Gasteiger partial charge on any atom is -0.396 e. The Kier molecular flexibility index (Phi) is 8.47. The predicted octanol–water partition coefficient (Wildman–Crippen LogP) is 3.70. The van der Waals surface area contributed by atoms with Gasteiger partial charge in [0.15, 0.2) is 0 Å². The number of aliphatic hydroxyl groups is 1. The third-order valence-electron chi connectivity index (χ3n) is 9.18. The molecule has 0 aliphatic carbocycles. The zero-order valence-electron chi connectivity index (χ0n) is 23.8. The van der Waals surface area contributed by atoms with Crippen LogP contribution in [0.25, 0.3) is 0 Å². The van der Waals surface area contributed by atoms with E-state index in [1.807, 2.05) is 66.5 Å². The van der Waals surface area contributed by atoms with Crippen molar-refractivity contribution in [2.75, 3.05) is 37.7 Å². The lowest BCUT2D eigenvalue weighted by Crippen LogP contribution is -2.56. The first-order valence-corrected chi connectivity index (χ1v) is 15.1. The van der Waals surface area contributed by atoms with E-state index in [0.717, 1.165) is 31.4 Å². The molecule has 1 aromatic rings. The van der Waals surface area contributed by atoms with E-state index in [1.54, 1.807) is 9.80 Å². The molecule has 4 aliphatic rings. The van der Waals surface area contributed by atoms with Crippen LogP contribution >= 0.6 is 0 Å². The van der Waals surface area contributed by atoms with Crippen LogP contribution in [0, 0.1) is 11.8 Å². The molecule has 0 aromatic heterocycles. The lowest BCUT2D eigenvalue weighted by atomic mass is 9.73. The SMILES string of the molecule is CCCCCN1CC=C[C@]23O[C@@]4(CC)C=CCN(c5ccccc5)C(=O)[C@H]4[C@H]2C(=O)N(CCCCCO)C3C1=O. The summed E-state index contributed by atoms with van der Waals surface area (Å²) in [6.07, 6.45) is 13.4. The van der Waals surface area contributed by atoms with Crippen LogP contribution in [0.5, 0.6) is 0 Å². The highest BCUT2D eigenvalue weighted by molar-refractivity contribution is 6.04. The summed E-state index contributed by atoms with van der Waals surface area (Å²) in [6, 6.07) is 8.72. The first-order chi connectivity index (χ1) is 19.4. The molecule has 8 nitrogen and oxygen atoms in total. The number of hydrogen-bond donors (Lipinski definition) is 1. The van der Waals surface area contributed by atoms with Gasteiger partial charge in [-0.1, -0.05) is 69.2 Å². The number of carbonyl (C=O) groups excluding carboxylic acids is 3. The summed E-state index contributed by atoms with van der Waals surface area (Å²) >= 11 is 0. The Morgan fingerprint density at radius 2 is 1.60 bits per heavy atom. The Hall–Kier alpha value is -2.97. The molecular weight excluding hydrogens is 506 g/mol. The van der Waals surface area contributed by atoms with Crippen LogP contribution in [-0.4, -0.2) is 82.7 Å². The maximum absolute atomic E-state index is 14.5. The monoisotopic (exact) mass is 549 g/mol. The van der Waals surface area contributed by atoms with E-state index in [1.165, 1.54) is 0 Å². The highest BCUT2D eigenvalue weighted by Crippen LogP contribution is 2.58. The summed E-state index contributed by atoms with van der Waals surface area (Å²) in [6.45, 7) is 6.11. The zero-order valence-corrected chi connectivity index (χ0v) is 23.8. The lowest BCUT2D eigenvalue weighted by molar-refractivity contribution is -0.152. The smallest absolute Gasteiger partial charge is 0.249 e. The van der Waals surface area contributed by atoms with Crippen LogP contribution in [0.15, 0.2) is 54.6 Å². The molecule has 5 atom stereocenters. The molecule has 1 N–H and O–H groups in total. The van der Waals surface area contributed by atoms with E-state index < -0.39 is 29.1 Å². The molecule has 5 rings (SSSR count). The molecule has 4 heterocycles. The number of benzene rings is 1. The molecule has 8 heteroatoms. The minimum absolute atomic E-state index is 0.0944. The molecule has 1 spiro atoms. The average molecular weight is 550 g/mol. The van der Waals surface area contributed by atoms with Gasteiger partial charge < -0.3 is 24.5 Å². The predicted molar refractivity (Wildman–Crippen MR) is 153 cm³/mol. The molecule has 216 valence electrons. The van der Waals surface area contributed by atoms with Gasteiger partial charge in [0.25, 0.3) is 0 Å². The van der Waals surface area contributed by atoms with Crippen LogP contribution in [0.4, 0.5) is 5.69 Å². The van der Waals surface area contributed by atoms with Gasteiger partial charge in [-0.25, -0.2) is 0 Å². The third-order valence-corrected chi connectivity index (χ3v) is 9.18. The van der Waals surface area contributed by atoms with Crippen molar-refractivity contribution in [3.05, 3.63) is 54.6 Å². The number of amides is 3. The molecule has 1 aromatic carbocycles. The Labute approximate surface area is 237 Å². The minimum atomic E-state index is -1.22. The van der Waals surface area contributed by atoms with E-state index in [0.29, 0.717) is 45.4 Å². The van der Waals surface area contributed by atoms with Crippen molar-refractivity contribution >= 4 is 23.4 Å². The van der Waals surface area contributed by atoms with Crippen LogP contribution in [0.2, 0.25) is 0 Å². The van der Waals surface area contributed by atoms with Gasteiger partial charge in [-0.2, -0.15) is 0 Å².